The molecule has 0 atom stereocenters. The Morgan fingerprint density at radius 1 is 1.17 bits per heavy atom. The van der Waals surface area contributed by atoms with Gasteiger partial charge in [-0.15, -0.1) is 10.2 Å². The largest absolute Gasteiger partial charge is 0.302 e. The van der Waals surface area contributed by atoms with Gasteiger partial charge in [0, 0.05) is 22.7 Å². The molecule has 1 N–H and O–H groups in total. The highest BCUT2D eigenvalue weighted by Gasteiger charge is 2.14. The molecule has 0 aliphatic heterocycles. The number of carbonyl (C=O) groups is 1. The van der Waals surface area contributed by atoms with Crippen molar-refractivity contribution in [3.63, 3.8) is 0 Å². The number of nitrogens with one attached hydrogen (secondary N) is 1. The molecule has 2 aromatic carbocycles. The summed E-state index contributed by atoms with van der Waals surface area (Å²) in [5.41, 5.74) is 4.83. The minimum absolute atomic E-state index is 0.165. The molecule has 0 saturated carbocycles. The topological polar surface area (TPSA) is 72.2 Å². The molecule has 6 nitrogen and oxygen atoms in total. The van der Waals surface area contributed by atoms with E-state index in [0.29, 0.717) is 33.0 Å². The van der Waals surface area contributed by atoms with Crippen molar-refractivity contribution in [1.82, 2.24) is 20.2 Å². The van der Waals surface area contributed by atoms with Crippen molar-refractivity contribution in [2.24, 2.45) is 5.10 Å². The van der Waals surface area contributed by atoms with Crippen LogP contribution in [0.2, 0.25) is 10.0 Å². The standard InChI is InChI=1S/C20H19Cl2N5OS/c1-3-27-19(14-7-5-4-6-8-14)25-26-20(27)29-12-18(28)24-23-13(2)16-10-9-15(21)11-17(16)22/h4-11H,3,12H2,1-2H3,(H,24,28). The lowest BCUT2D eigenvalue weighted by Crippen LogP contribution is -2.21. The van der Waals surface area contributed by atoms with Gasteiger partial charge in [0.15, 0.2) is 11.0 Å². The van der Waals surface area contributed by atoms with E-state index < -0.39 is 0 Å². The molecule has 1 amide bonds. The summed E-state index contributed by atoms with van der Waals surface area (Å²) in [6, 6.07) is 15.0. The Labute approximate surface area is 183 Å². The Balaban J connectivity index is 1.63. The third-order valence-electron chi connectivity index (χ3n) is 4.07. The first-order valence-corrected chi connectivity index (χ1v) is 10.6. The van der Waals surface area contributed by atoms with Gasteiger partial charge in [-0.1, -0.05) is 71.4 Å². The van der Waals surface area contributed by atoms with Crippen molar-refractivity contribution in [2.75, 3.05) is 5.75 Å². The van der Waals surface area contributed by atoms with Gasteiger partial charge < -0.3 is 4.57 Å². The third-order valence-corrected chi connectivity index (χ3v) is 5.58. The van der Waals surface area contributed by atoms with Crippen molar-refractivity contribution in [1.29, 1.82) is 0 Å². The minimum Gasteiger partial charge on any atom is -0.302 e. The zero-order valence-electron chi connectivity index (χ0n) is 15.9. The van der Waals surface area contributed by atoms with Crippen LogP contribution in [0, 0.1) is 0 Å². The Kier molecular flexibility index (Phi) is 7.30. The van der Waals surface area contributed by atoms with Crippen LogP contribution in [0.15, 0.2) is 58.8 Å². The second-order valence-electron chi connectivity index (χ2n) is 6.06. The summed E-state index contributed by atoms with van der Waals surface area (Å²) in [5.74, 6) is 0.700. The smallest absolute Gasteiger partial charge is 0.250 e. The number of carbonyl (C=O) groups excluding carboxylic acids is 1. The highest BCUT2D eigenvalue weighted by molar-refractivity contribution is 7.99. The first-order valence-electron chi connectivity index (χ1n) is 8.89. The number of nitrogens with zero attached hydrogens (tertiary/aromatic N) is 4. The highest BCUT2D eigenvalue weighted by Crippen LogP contribution is 2.24. The van der Waals surface area contributed by atoms with E-state index in [2.05, 4.69) is 20.7 Å². The number of benzene rings is 2. The average Bonchev–Trinajstić information content (AvgIpc) is 3.14. The molecule has 1 heterocycles. The van der Waals surface area contributed by atoms with Crippen LogP contribution in [0.25, 0.3) is 11.4 Å². The molecule has 3 aromatic rings. The number of rotatable bonds is 7. The van der Waals surface area contributed by atoms with E-state index in [4.69, 9.17) is 23.2 Å². The molecule has 0 bridgehead atoms. The van der Waals surface area contributed by atoms with Crippen molar-refractivity contribution in [3.8, 4) is 11.4 Å². The highest BCUT2D eigenvalue weighted by atomic mass is 35.5. The molecule has 0 saturated heterocycles. The molecule has 9 heteroatoms. The number of hydrazone groups is 1. The number of halogens is 2. The van der Waals surface area contributed by atoms with E-state index in [9.17, 15) is 4.79 Å². The van der Waals surface area contributed by atoms with Crippen molar-refractivity contribution < 1.29 is 4.79 Å². The fourth-order valence-corrected chi connectivity index (χ4v) is 3.97. The van der Waals surface area contributed by atoms with Gasteiger partial charge >= 0.3 is 0 Å². The van der Waals surface area contributed by atoms with Crippen LogP contribution in [0.4, 0.5) is 0 Å². The summed E-state index contributed by atoms with van der Waals surface area (Å²) in [4.78, 5) is 12.2. The average molecular weight is 448 g/mol. The molecule has 150 valence electrons. The van der Waals surface area contributed by atoms with Crippen LogP contribution in [0.3, 0.4) is 0 Å². The fraction of sp³-hybridized carbons (Fsp3) is 0.200. The molecule has 0 aliphatic carbocycles. The predicted molar refractivity (Wildman–Crippen MR) is 119 cm³/mol. The molecule has 0 fully saturated rings. The molecule has 1 aromatic heterocycles. The van der Waals surface area contributed by atoms with Crippen LogP contribution >= 0.6 is 35.0 Å². The number of hydrogen-bond acceptors (Lipinski definition) is 5. The molecule has 0 spiro atoms. The second kappa shape index (κ2) is 9.91. The Morgan fingerprint density at radius 2 is 1.93 bits per heavy atom. The van der Waals surface area contributed by atoms with Gasteiger partial charge in [-0.3, -0.25) is 4.79 Å². The van der Waals surface area contributed by atoms with E-state index in [1.807, 2.05) is 41.8 Å². The molecule has 0 unspecified atom stereocenters. The quantitative estimate of drug-likeness (QED) is 0.317. The molecular weight excluding hydrogens is 429 g/mol. The molecule has 29 heavy (non-hydrogen) atoms. The zero-order valence-corrected chi connectivity index (χ0v) is 18.2. The maximum Gasteiger partial charge on any atom is 0.250 e. The summed E-state index contributed by atoms with van der Waals surface area (Å²) in [7, 11) is 0. The lowest BCUT2D eigenvalue weighted by Gasteiger charge is -2.07. The SMILES string of the molecule is CCn1c(SCC(=O)NN=C(C)c2ccc(Cl)cc2Cl)nnc1-c1ccccc1. The fourth-order valence-electron chi connectivity index (χ4n) is 2.63. The molecule has 0 aliphatic rings. The minimum atomic E-state index is -0.244. The van der Waals surface area contributed by atoms with Gasteiger partial charge in [0.2, 0.25) is 0 Å². The van der Waals surface area contributed by atoms with Crippen molar-refractivity contribution in [3.05, 3.63) is 64.1 Å². The summed E-state index contributed by atoms with van der Waals surface area (Å²) in [5, 5.41) is 14.3. The lowest BCUT2D eigenvalue weighted by molar-refractivity contribution is -0.118. The number of thioether (sulfide) groups is 1. The number of amides is 1. The van der Waals surface area contributed by atoms with Gasteiger partial charge in [-0.2, -0.15) is 5.10 Å². The number of aromatic nitrogens is 3. The summed E-state index contributed by atoms with van der Waals surface area (Å²) in [6.07, 6.45) is 0. The third kappa shape index (κ3) is 5.38. The summed E-state index contributed by atoms with van der Waals surface area (Å²) < 4.78 is 1.98. The lowest BCUT2D eigenvalue weighted by atomic mass is 10.1. The maximum atomic E-state index is 12.2. The first kappa shape index (κ1) is 21.4. The Morgan fingerprint density at radius 3 is 2.62 bits per heavy atom. The molecular formula is C20H19Cl2N5OS. The maximum absolute atomic E-state index is 12.2. The van der Waals surface area contributed by atoms with Crippen LogP contribution in [-0.2, 0) is 11.3 Å². The summed E-state index contributed by atoms with van der Waals surface area (Å²) >= 11 is 13.4. The molecule has 0 radical (unpaired) electrons. The monoisotopic (exact) mass is 447 g/mol. The van der Waals surface area contributed by atoms with Crippen LogP contribution in [-0.4, -0.2) is 32.1 Å². The van der Waals surface area contributed by atoms with Gasteiger partial charge in [-0.25, -0.2) is 5.43 Å². The van der Waals surface area contributed by atoms with Gasteiger partial charge in [0.25, 0.3) is 5.91 Å². The normalized spacial score (nSPS) is 11.5. The van der Waals surface area contributed by atoms with Crippen LogP contribution < -0.4 is 5.43 Å². The van der Waals surface area contributed by atoms with Gasteiger partial charge in [0.05, 0.1) is 16.5 Å². The zero-order chi connectivity index (χ0) is 20.8. The van der Waals surface area contributed by atoms with Gasteiger partial charge in [0.1, 0.15) is 0 Å². The molecule has 3 rings (SSSR count). The number of hydrogen-bond donors (Lipinski definition) is 1. The van der Waals surface area contributed by atoms with Crippen LogP contribution in [0.5, 0.6) is 0 Å². The van der Waals surface area contributed by atoms with E-state index in [1.54, 1.807) is 25.1 Å². The van der Waals surface area contributed by atoms with E-state index in [-0.39, 0.29) is 11.7 Å². The summed E-state index contributed by atoms with van der Waals surface area (Å²) in [6.45, 7) is 4.49. The first-order chi connectivity index (χ1) is 14.0. The van der Waals surface area contributed by atoms with Gasteiger partial charge in [-0.05, 0) is 26.0 Å². The Bertz CT molecular complexity index is 1040. The predicted octanol–water partition coefficient (Wildman–Crippen LogP) is 4.90. The van der Waals surface area contributed by atoms with E-state index in [1.165, 1.54) is 11.8 Å². The van der Waals surface area contributed by atoms with Crippen molar-refractivity contribution >= 4 is 46.6 Å². The van der Waals surface area contributed by atoms with E-state index >= 15 is 0 Å². The van der Waals surface area contributed by atoms with Crippen LogP contribution in [0.1, 0.15) is 19.4 Å². The second-order valence-corrected chi connectivity index (χ2v) is 7.85. The Hall–Kier alpha value is -2.35. The van der Waals surface area contributed by atoms with Crippen molar-refractivity contribution in [2.45, 2.75) is 25.5 Å². The van der Waals surface area contributed by atoms with E-state index in [0.717, 1.165) is 11.4 Å².